The molecule has 0 unspecified atom stereocenters. The van der Waals surface area contributed by atoms with Gasteiger partial charge in [-0.1, -0.05) is 12.1 Å². The van der Waals surface area contributed by atoms with Crippen molar-refractivity contribution in [3.63, 3.8) is 0 Å². The lowest BCUT2D eigenvalue weighted by Gasteiger charge is -2.20. The van der Waals surface area contributed by atoms with Gasteiger partial charge in [0, 0.05) is 24.5 Å². The Morgan fingerprint density at radius 3 is 2.67 bits per heavy atom. The number of hydrogen-bond donors (Lipinski definition) is 1. The van der Waals surface area contributed by atoms with Crippen LogP contribution in [-0.2, 0) is 16.0 Å². The number of hydrogen-bond acceptors (Lipinski definition) is 5. The molecule has 0 atom stereocenters. The number of carbonyl (C=O) groups is 2. The van der Waals surface area contributed by atoms with Gasteiger partial charge in [-0.3, -0.25) is 9.78 Å². The lowest BCUT2D eigenvalue weighted by molar-refractivity contribution is -0.117. The maximum absolute atomic E-state index is 13.2. The first-order valence-electron chi connectivity index (χ1n) is 9.84. The minimum absolute atomic E-state index is 0.0159. The number of benzene rings is 2. The average Bonchev–Trinajstić information content (AvgIpc) is 3.16. The summed E-state index contributed by atoms with van der Waals surface area (Å²) in [6.07, 6.45) is 3.27. The fourth-order valence-corrected chi connectivity index (χ4v) is 3.73. The third-order valence-corrected chi connectivity index (χ3v) is 5.16. The number of pyridine rings is 1. The van der Waals surface area contributed by atoms with Crippen LogP contribution in [0.15, 0.2) is 42.6 Å². The molecule has 1 saturated heterocycles. The van der Waals surface area contributed by atoms with Gasteiger partial charge in [-0.15, -0.1) is 0 Å². The predicted octanol–water partition coefficient (Wildman–Crippen LogP) is 3.97. The molecule has 0 aliphatic carbocycles. The molecule has 4 rings (SSSR count). The Bertz CT molecular complexity index is 1130. The number of anilines is 1. The number of rotatable bonds is 5. The van der Waals surface area contributed by atoms with Crippen LogP contribution in [0.25, 0.3) is 10.9 Å². The number of aromatic hydroxyl groups is 1. The van der Waals surface area contributed by atoms with Crippen LogP contribution in [0.1, 0.15) is 41.3 Å². The second kappa shape index (κ2) is 8.10. The summed E-state index contributed by atoms with van der Waals surface area (Å²) in [5.74, 6) is -1.28. The van der Waals surface area contributed by atoms with E-state index in [2.05, 4.69) is 4.98 Å². The van der Waals surface area contributed by atoms with Crippen molar-refractivity contribution < 1.29 is 23.8 Å². The molecule has 0 saturated carbocycles. The maximum Gasteiger partial charge on any atom is 0.342 e. The number of phenolic OH excluding ortho intramolecular Hbond substituents is 1. The molecule has 1 aromatic heterocycles. The number of halogens is 1. The summed E-state index contributed by atoms with van der Waals surface area (Å²) in [7, 11) is 0. The highest BCUT2D eigenvalue weighted by molar-refractivity contribution is 6.10. The molecular formula is C23H21FN2O4. The summed E-state index contributed by atoms with van der Waals surface area (Å²) < 4.78 is 18.2. The van der Waals surface area contributed by atoms with E-state index < -0.39 is 5.97 Å². The Kier molecular flexibility index (Phi) is 5.35. The number of ether oxygens (including phenoxy) is 1. The molecule has 0 bridgehead atoms. The van der Waals surface area contributed by atoms with E-state index in [-0.39, 0.29) is 35.2 Å². The molecule has 30 heavy (non-hydrogen) atoms. The van der Waals surface area contributed by atoms with Gasteiger partial charge in [0.25, 0.3) is 0 Å². The Labute approximate surface area is 172 Å². The van der Waals surface area contributed by atoms with E-state index in [1.165, 1.54) is 18.2 Å². The fourth-order valence-electron chi connectivity index (χ4n) is 3.73. The van der Waals surface area contributed by atoms with Crippen molar-refractivity contribution in [2.75, 3.05) is 18.1 Å². The Morgan fingerprint density at radius 1 is 1.23 bits per heavy atom. The SMILES string of the molecule is CCOC(=O)c1cc(N2CCCC2=O)c2cc(Cc3ccc(F)cc3)cnc2c1O. The number of esters is 1. The lowest BCUT2D eigenvalue weighted by atomic mass is 10.0. The molecule has 0 radical (unpaired) electrons. The Morgan fingerprint density at radius 2 is 2.00 bits per heavy atom. The van der Waals surface area contributed by atoms with Crippen LogP contribution in [0.2, 0.25) is 0 Å². The van der Waals surface area contributed by atoms with E-state index in [4.69, 9.17) is 4.74 Å². The third-order valence-electron chi connectivity index (χ3n) is 5.16. The highest BCUT2D eigenvalue weighted by Crippen LogP contribution is 2.38. The summed E-state index contributed by atoms with van der Waals surface area (Å²) >= 11 is 0. The van der Waals surface area contributed by atoms with E-state index in [1.54, 1.807) is 30.2 Å². The van der Waals surface area contributed by atoms with E-state index in [1.807, 2.05) is 6.07 Å². The van der Waals surface area contributed by atoms with Crippen LogP contribution in [-0.4, -0.2) is 35.1 Å². The molecule has 1 aliphatic heterocycles. The van der Waals surface area contributed by atoms with Crippen LogP contribution >= 0.6 is 0 Å². The van der Waals surface area contributed by atoms with Crippen LogP contribution in [0.3, 0.4) is 0 Å². The number of phenols is 1. The van der Waals surface area contributed by atoms with E-state index >= 15 is 0 Å². The normalized spacial score (nSPS) is 13.8. The zero-order chi connectivity index (χ0) is 21.3. The first-order chi connectivity index (χ1) is 14.5. The van der Waals surface area contributed by atoms with Crippen molar-refractivity contribution in [3.8, 4) is 5.75 Å². The van der Waals surface area contributed by atoms with Gasteiger partial charge in [0.1, 0.15) is 16.9 Å². The topological polar surface area (TPSA) is 79.7 Å². The number of amides is 1. The van der Waals surface area contributed by atoms with Gasteiger partial charge in [-0.05, 0) is 55.2 Å². The molecule has 1 fully saturated rings. The summed E-state index contributed by atoms with van der Waals surface area (Å²) in [5, 5.41) is 11.3. The average molecular weight is 408 g/mol. The van der Waals surface area contributed by atoms with Crippen LogP contribution in [0.5, 0.6) is 5.75 Å². The Balaban J connectivity index is 1.84. The van der Waals surface area contributed by atoms with Gasteiger partial charge in [-0.25, -0.2) is 9.18 Å². The third kappa shape index (κ3) is 3.70. The zero-order valence-corrected chi connectivity index (χ0v) is 16.5. The molecule has 2 heterocycles. The van der Waals surface area contributed by atoms with Gasteiger partial charge in [0.15, 0.2) is 5.75 Å². The van der Waals surface area contributed by atoms with E-state index in [9.17, 15) is 19.1 Å². The fraction of sp³-hybridized carbons (Fsp3) is 0.261. The molecule has 1 amide bonds. The molecule has 154 valence electrons. The highest BCUT2D eigenvalue weighted by Gasteiger charge is 2.27. The molecule has 1 N–H and O–H groups in total. The highest BCUT2D eigenvalue weighted by atomic mass is 19.1. The van der Waals surface area contributed by atoms with E-state index in [0.29, 0.717) is 30.5 Å². The van der Waals surface area contributed by atoms with Crippen molar-refractivity contribution in [2.24, 2.45) is 0 Å². The van der Waals surface area contributed by atoms with Crippen molar-refractivity contribution in [1.82, 2.24) is 4.98 Å². The van der Waals surface area contributed by atoms with Crippen molar-refractivity contribution in [3.05, 3.63) is 65.1 Å². The number of nitrogens with zero attached hydrogens (tertiary/aromatic N) is 2. The van der Waals surface area contributed by atoms with Crippen molar-refractivity contribution in [2.45, 2.75) is 26.2 Å². The van der Waals surface area contributed by atoms with Crippen LogP contribution < -0.4 is 4.90 Å². The lowest BCUT2D eigenvalue weighted by Crippen LogP contribution is -2.24. The first-order valence-corrected chi connectivity index (χ1v) is 9.84. The van der Waals surface area contributed by atoms with Crippen LogP contribution in [0.4, 0.5) is 10.1 Å². The zero-order valence-electron chi connectivity index (χ0n) is 16.5. The summed E-state index contributed by atoms with van der Waals surface area (Å²) in [4.78, 5) is 30.8. The molecular weight excluding hydrogens is 387 g/mol. The standard InChI is InChI=1S/C23H21FN2O4/c1-2-30-23(29)18-12-19(26-9-3-4-20(26)27)17-11-15(13-25-21(17)22(18)28)10-14-5-7-16(24)8-6-14/h5-8,11-13,28H,2-4,9-10H2,1H3. The smallest absolute Gasteiger partial charge is 0.342 e. The van der Waals surface area contributed by atoms with Gasteiger partial charge in [0.05, 0.1) is 12.3 Å². The van der Waals surface area contributed by atoms with Gasteiger partial charge in [0.2, 0.25) is 5.91 Å². The number of aromatic nitrogens is 1. The number of carbonyl (C=O) groups excluding carboxylic acids is 2. The summed E-state index contributed by atoms with van der Waals surface area (Å²) in [5.41, 5.74) is 2.49. The monoisotopic (exact) mass is 408 g/mol. The largest absolute Gasteiger partial charge is 0.505 e. The van der Waals surface area contributed by atoms with Gasteiger partial charge in [-0.2, -0.15) is 0 Å². The number of fused-ring (bicyclic) bond motifs is 1. The maximum atomic E-state index is 13.2. The van der Waals surface area contributed by atoms with Crippen LogP contribution in [0, 0.1) is 5.82 Å². The first kappa shape index (κ1) is 19.8. The second-order valence-electron chi connectivity index (χ2n) is 7.20. The van der Waals surface area contributed by atoms with Gasteiger partial charge < -0.3 is 14.7 Å². The van der Waals surface area contributed by atoms with Crippen molar-refractivity contribution >= 4 is 28.5 Å². The summed E-state index contributed by atoms with van der Waals surface area (Å²) in [6.45, 7) is 2.38. The molecule has 6 nitrogen and oxygen atoms in total. The molecule has 2 aromatic carbocycles. The summed E-state index contributed by atoms with van der Waals surface area (Å²) in [6, 6.07) is 9.55. The minimum atomic E-state index is -0.665. The Hall–Kier alpha value is -3.48. The quantitative estimate of drug-likeness (QED) is 0.646. The van der Waals surface area contributed by atoms with Crippen molar-refractivity contribution in [1.29, 1.82) is 0 Å². The van der Waals surface area contributed by atoms with Gasteiger partial charge >= 0.3 is 5.97 Å². The predicted molar refractivity (Wildman–Crippen MR) is 110 cm³/mol. The van der Waals surface area contributed by atoms with E-state index in [0.717, 1.165) is 17.5 Å². The molecule has 1 aliphatic rings. The molecule has 7 heteroatoms. The molecule has 0 spiro atoms. The minimum Gasteiger partial charge on any atom is -0.505 e. The molecule has 3 aromatic rings. The second-order valence-corrected chi connectivity index (χ2v) is 7.20.